The van der Waals surface area contributed by atoms with E-state index in [0.29, 0.717) is 22.4 Å². The fourth-order valence-corrected chi connectivity index (χ4v) is 3.56. The van der Waals surface area contributed by atoms with Crippen molar-refractivity contribution >= 4 is 17.7 Å². The molecule has 0 fully saturated rings. The number of hydrogen-bond donors (Lipinski definition) is 1. The summed E-state index contributed by atoms with van der Waals surface area (Å²) in [5.74, 6) is -1.44. The van der Waals surface area contributed by atoms with E-state index in [4.69, 9.17) is 9.47 Å². The van der Waals surface area contributed by atoms with Crippen LogP contribution in [0.5, 0.6) is 0 Å². The van der Waals surface area contributed by atoms with Gasteiger partial charge in [-0.1, -0.05) is 12.1 Å². The van der Waals surface area contributed by atoms with Gasteiger partial charge in [0.15, 0.2) is 12.4 Å². The van der Waals surface area contributed by atoms with E-state index >= 15 is 0 Å². The van der Waals surface area contributed by atoms with Crippen LogP contribution in [-0.2, 0) is 22.3 Å². The molecule has 1 aliphatic rings. The minimum atomic E-state index is -0.669. The van der Waals surface area contributed by atoms with Crippen molar-refractivity contribution < 1.29 is 23.9 Å². The number of carbonyl (C=O) groups is 3. The number of rotatable bonds is 5. The van der Waals surface area contributed by atoms with Gasteiger partial charge in [0.05, 0.1) is 12.7 Å². The number of hydrogen-bond acceptors (Lipinski definition) is 5. The minimum absolute atomic E-state index is 0.158. The predicted octanol–water partition coefficient (Wildman–Crippen LogP) is 3.34. The summed E-state index contributed by atoms with van der Waals surface area (Å²) in [6, 6.07) is 5.69. The first kappa shape index (κ1) is 18.9. The molecular formula is C21H23NO5. The van der Waals surface area contributed by atoms with E-state index < -0.39 is 11.9 Å². The van der Waals surface area contributed by atoms with Crippen molar-refractivity contribution in [3.8, 4) is 0 Å². The molecule has 1 aliphatic carbocycles. The highest BCUT2D eigenvalue weighted by atomic mass is 16.5. The third-order valence-electron chi connectivity index (χ3n) is 5.04. The summed E-state index contributed by atoms with van der Waals surface area (Å²) in [6.45, 7) is 2.97. The summed E-state index contributed by atoms with van der Waals surface area (Å²) in [5.41, 5.74) is 4.49. The lowest BCUT2D eigenvalue weighted by molar-refractivity contribution is 0.0468. The zero-order valence-electron chi connectivity index (χ0n) is 15.8. The van der Waals surface area contributed by atoms with Gasteiger partial charge in [0.25, 0.3) is 0 Å². The number of H-pyrrole nitrogens is 1. The minimum Gasteiger partial charge on any atom is -0.465 e. The lowest BCUT2D eigenvalue weighted by atomic mass is 9.90. The van der Waals surface area contributed by atoms with Crippen molar-refractivity contribution in [3.05, 3.63) is 57.4 Å². The molecule has 1 aromatic carbocycles. The van der Waals surface area contributed by atoms with Crippen LogP contribution in [0, 0.1) is 13.8 Å². The van der Waals surface area contributed by atoms with Gasteiger partial charge >= 0.3 is 11.9 Å². The fraction of sp³-hybridized carbons (Fsp3) is 0.381. The number of ether oxygens (including phenoxy) is 2. The average molecular weight is 369 g/mol. The van der Waals surface area contributed by atoms with Crippen molar-refractivity contribution in [2.75, 3.05) is 13.7 Å². The first-order chi connectivity index (χ1) is 12.9. The lowest BCUT2D eigenvalue weighted by Gasteiger charge is -2.16. The van der Waals surface area contributed by atoms with E-state index in [9.17, 15) is 14.4 Å². The smallest absolute Gasteiger partial charge is 0.355 e. The quantitative estimate of drug-likeness (QED) is 0.645. The van der Waals surface area contributed by atoms with E-state index in [1.54, 1.807) is 19.9 Å². The highest BCUT2D eigenvalue weighted by Crippen LogP contribution is 2.23. The lowest BCUT2D eigenvalue weighted by Crippen LogP contribution is -2.16. The van der Waals surface area contributed by atoms with Crippen LogP contribution in [-0.4, -0.2) is 36.4 Å². The van der Waals surface area contributed by atoms with Crippen LogP contribution in [0.4, 0.5) is 0 Å². The summed E-state index contributed by atoms with van der Waals surface area (Å²) in [6.07, 6.45) is 4.34. The Morgan fingerprint density at radius 1 is 1.04 bits per heavy atom. The van der Waals surface area contributed by atoms with Gasteiger partial charge in [0.1, 0.15) is 5.69 Å². The number of ketones is 1. The summed E-state index contributed by atoms with van der Waals surface area (Å²) in [7, 11) is 1.28. The summed E-state index contributed by atoms with van der Waals surface area (Å²) < 4.78 is 9.91. The number of aromatic amines is 1. The molecule has 0 unspecified atom stereocenters. The Balaban J connectivity index is 1.69. The Kier molecular flexibility index (Phi) is 5.44. The molecule has 27 heavy (non-hydrogen) atoms. The molecule has 1 N–H and O–H groups in total. The van der Waals surface area contributed by atoms with Gasteiger partial charge in [-0.15, -0.1) is 0 Å². The Morgan fingerprint density at radius 3 is 2.44 bits per heavy atom. The van der Waals surface area contributed by atoms with E-state index in [1.807, 2.05) is 12.1 Å². The highest BCUT2D eigenvalue weighted by molar-refractivity contribution is 6.01. The highest BCUT2D eigenvalue weighted by Gasteiger charge is 2.24. The van der Waals surface area contributed by atoms with E-state index in [1.165, 1.54) is 24.7 Å². The molecule has 6 heteroatoms. The molecule has 0 spiro atoms. The number of carbonyl (C=O) groups excluding carboxylic acids is 3. The Bertz CT molecular complexity index is 910. The average Bonchev–Trinajstić information content (AvgIpc) is 2.99. The van der Waals surface area contributed by atoms with Gasteiger partial charge in [-0.2, -0.15) is 0 Å². The van der Waals surface area contributed by atoms with Crippen LogP contribution < -0.4 is 0 Å². The topological polar surface area (TPSA) is 85.5 Å². The molecular weight excluding hydrogens is 346 g/mol. The largest absolute Gasteiger partial charge is 0.465 e. The normalized spacial score (nSPS) is 13.0. The van der Waals surface area contributed by atoms with Crippen LogP contribution >= 0.6 is 0 Å². The fourth-order valence-electron chi connectivity index (χ4n) is 3.56. The molecule has 0 bridgehead atoms. The number of aryl methyl sites for hydroxylation is 3. The summed E-state index contributed by atoms with van der Waals surface area (Å²) in [5, 5.41) is 0. The Hall–Kier alpha value is -2.89. The molecule has 2 aromatic rings. The number of esters is 2. The molecule has 3 rings (SSSR count). The summed E-state index contributed by atoms with van der Waals surface area (Å²) in [4.78, 5) is 39.4. The number of fused-ring (bicyclic) bond motifs is 1. The van der Waals surface area contributed by atoms with Crippen molar-refractivity contribution in [2.24, 2.45) is 0 Å². The Labute approximate surface area is 157 Å². The molecule has 0 aliphatic heterocycles. The predicted molar refractivity (Wildman–Crippen MR) is 99.3 cm³/mol. The van der Waals surface area contributed by atoms with Crippen LogP contribution in [0.25, 0.3) is 0 Å². The van der Waals surface area contributed by atoms with E-state index in [2.05, 4.69) is 4.98 Å². The standard InChI is InChI=1S/C21H23NO5/c1-12-18(20(24)26-3)13(2)22-19(12)21(25)27-11-17(23)16-9-8-14-6-4-5-7-15(14)10-16/h8-10,22H,4-7,11H2,1-3H3. The third kappa shape index (κ3) is 3.79. The summed E-state index contributed by atoms with van der Waals surface area (Å²) >= 11 is 0. The van der Waals surface area contributed by atoms with Crippen LogP contribution in [0.1, 0.15) is 66.4 Å². The van der Waals surface area contributed by atoms with Crippen LogP contribution in [0.2, 0.25) is 0 Å². The van der Waals surface area contributed by atoms with Crippen LogP contribution in [0.15, 0.2) is 18.2 Å². The number of Topliss-reactive ketones (excluding diaryl/α,β-unsaturated/α-hetero) is 1. The maximum atomic E-state index is 12.4. The Morgan fingerprint density at radius 2 is 1.74 bits per heavy atom. The van der Waals surface area contributed by atoms with Gasteiger partial charge in [0, 0.05) is 11.3 Å². The van der Waals surface area contributed by atoms with Gasteiger partial charge in [-0.25, -0.2) is 9.59 Å². The van der Waals surface area contributed by atoms with Crippen molar-refractivity contribution in [1.29, 1.82) is 0 Å². The van der Waals surface area contributed by atoms with Crippen LogP contribution in [0.3, 0.4) is 0 Å². The zero-order valence-corrected chi connectivity index (χ0v) is 15.8. The van der Waals surface area contributed by atoms with Gasteiger partial charge < -0.3 is 14.5 Å². The monoisotopic (exact) mass is 369 g/mol. The van der Waals surface area contributed by atoms with E-state index in [0.717, 1.165) is 19.3 Å². The molecule has 0 amide bonds. The molecule has 0 saturated carbocycles. The van der Waals surface area contributed by atoms with Gasteiger partial charge in [-0.3, -0.25) is 4.79 Å². The van der Waals surface area contributed by atoms with Crippen molar-refractivity contribution in [3.63, 3.8) is 0 Å². The molecule has 0 saturated heterocycles. The molecule has 0 atom stereocenters. The second-order valence-corrected chi connectivity index (χ2v) is 6.81. The maximum Gasteiger partial charge on any atom is 0.355 e. The van der Waals surface area contributed by atoms with Gasteiger partial charge in [-0.05, 0) is 62.3 Å². The zero-order chi connectivity index (χ0) is 19.6. The first-order valence-corrected chi connectivity index (χ1v) is 9.02. The second-order valence-electron chi connectivity index (χ2n) is 6.81. The third-order valence-corrected chi connectivity index (χ3v) is 5.04. The second kappa shape index (κ2) is 7.78. The van der Waals surface area contributed by atoms with Crippen molar-refractivity contribution in [2.45, 2.75) is 39.5 Å². The molecule has 6 nitrogen and oxygen atoms in total. The maximum absolute atomic E-state index is 12.4. The number of methoxy groups -OCH3 is 1. The number of aromatic nitrogens is 1. The molecule has 1 aromatic heterocycles. The van der Waals surface area contributed by atoms with Gasteiger partial charge in [0.2, 0.25) is 0 Å². The molecule has 0 radical (unpaired) electrons. The number of benzene rings is 1. The first-order valence-electron chi connectivity index (χ1n) is 9.02. The van der Waals surface area contributed by atoms with E-state index in [-0.39, 0.29) is 18.1 Å². The van der Waals surface area contributed by atoms with Crippen molar-refractivity contribution in [1.82, 2.24) is 4.98 Å². The SMILES string of the molecule is COC(=O)c1c(C)[nH]c(C(=O)OCC(=O)c2ccc3c(c2)CCCC3)c1C. The number of nitrogens with one attached hydrogen (secondary N) is 1. The molecule has 142 valence electrons. The molecule has 1 heterocycles.